The molecule has 1 aliphatic heterocycles. The fourth-order valence-corrected chi connectivity index (χ4v) is 10.4. The third-order valence-electron chi connectivity index (χ3n) is 12.3. The maximum absolute atomic E-state index is 6.28. The molecular formula is C51H42Br3N3O6. The van der Waals surface area contributed by atoms with Crippen molar-refractivity contribution >= 4 is 80.5 Å². The van der Waals surface area contributed by atoms with Gasteiger partial charge < -0.3 is 43.4 Å². The lowest BCUT2D eigenvalue weighted by Crippen LogP contribution is -2.01. The summed E-state index contributed by atoms with van der Waals surface area (Å²) in [5, 5.41) is 2.85. The van der Waals surface area contributed by atoms with Gasteiger partial charge in [-0.05, 0) is 53.1 Å². The Hall–Kier alpha value is -5.82. The second kappa shape index (κ2) is 16.4. The molecule has 1 aliphatic rings. The fraction of sp³-hybridized carbons (Fsp3) is 0.176. The second-order valence-corrected chi connectivity index (χ2v) is 18.3. The summed E-state index contributed by atoms with van der Waals surface area (Å²) in [6, 6.07) is 31.3. The zero-order valence-corrected chi connectivity index (χ0v) is 40.1. The van der Waals surface area contributed by atoms with Gasteiger partial charge in [-0.15, -0.1) is 0 Å². The maximum atomic E-state index is 6.28. The van der Waals surface area contributed by atoms with E-state index in [-0.39, 0.29) is 0 Å². The molecule has 0 spiro atoms. The molecule has 3 N–H and O–H groups in total. The molecule has 3 aromatic heterocycles. The highest BCUT2D eigenvalue weighted by Crippen LogP contribution is 2.51. The highest BCUT2D eigenvalue weighted by atomic mass is 79.9. The third-order valence-corrected chi connectivity index (χ3v) is 13.9. The van der Waals surface area contributed by atoms with Crippen molar-refractivity contribution in [2.45, 2.75) is 19.3 Å². The molecule has 9 nitrogen and oxygen atoms in total. The molecule has 318 valence electrons. The number of fused-ring (bicyclic) bond motifs is 3. The number of hydrogen-bond donors (Lipinski definition) is 3. The van der Waals surface area contributed by atoms with Crippen molar-refractivity contribution in [1.82, 2.24) is 15.0 Å². The molecule has 63 heavy (non-hydrogen) atoms. The normalized spacial score (nSPS) is 12.3. The molecule has 0 fully saturated rings. The van der Waals surface area contributed by atoms with E-state index >= 15 is 0 Å². The first-order valence-corrected chi connectivity index (χ1v) is 22.7. The van der Waals surface area contributed by atoms with E-state index in [2.05, 4.69) is 136 Å². The number of hydrogen-bond acceptors (Lipinski definition) is 6. The highest BCUT2D eigenvalue weighted by molar-refractivity contribution is 9.11. The van der Waals surface area contributed by atoms with Crippen molar-refractivity contribution in [1.29, 1.82) is 0 Å². The van der Waals surface area contributed by atoms with Crippen LogP contribution in [0.3, 0.4) is 0 Å². The molecule has 10 rings (SSSR count). The van der Waals surface area contributed by atoms with Gasteiger partial charge in [0, 0.05) is 101 Å². The average molecular weight is 1030 g/mol. The molecule has 0 amide bonds. The van der Waals surface area contributed by atoms with Gasteiger partial charge in [0.2, 0.25) is 0 Å². The average Bonchev–Trinajstić information content (AvgIpc) is 3.99. The van der Waals surface area contributed by atoms with E-state index in [0.29, 0.717) is 53.8 Å². The predicted octanol–water partition coefficient (Wildman–Crippen LogP) is 13.6. The van der Waals surface area contributed by atoms with Crippen molar-refractivity contribution in [3.05, 3.63) is 138 Å². The van der Waals surface area contributed by atoms with Gasteiger partial charge in [-0.1, -0.05) is 84.2 Å². The Balaban J connectivity index is 1.42. The van der Waals surface area contributed by atoms with E-state index in [1.807, 2.05) is 18.2 Å². The quantitative estimate of drug-likeness (QED) is 0.133. The van der Waals surface area contributed by atoms with Crippen LogP contribution in [0.15, 0.2) is 104 Å². The SMILES string of the molecule is COc1cc(OC)c2c(-c3ccc(Br)cc3)c3[nH]c2c1Cc1[nH]c2c(c(OC)cc(OC)c2c1-c1ccc(Br)cc1)Cc1c(OC)cc(OC)c2c(-c4ccc(Br)cc4)c([nH]c12)C3. The molecule has 0 radical (unpaired) electrons. The number of aromatic amines is 3. The van der Waals surface area contributed by atoms with Gasteiger partial charge in [0.1, 0.15) is 34.5 Å². The molecule has 0 unspecified atom stereocenters. The van der Waals surface area contributed by atoms with Crippen LogP contribution in [0.5, 0.6) is 34.5 Å². The van der Waals surface area contributed by atoms with E-state index in [9.17, 15) is 0 Å². The lowest BCUT2D eigenvalue weighted by molar-refractivity contribution is 0.392. The summed E-state index contributed by atoms with van der Waals surface area (Å²) >= 11 is 11.0. The van der Waals surface area contributed by atoms with E-state index in [0.717, 1.165) is 113 Å². The van der Waals surface area contributed by atoms with Gasteiger partial charge >= 0.3 is 0 Å². The van der Waals surface area contributed by atoms with Crippen molar-refractivity contribution in [3.63, 3.8) is 0 Å². The smallest absolute Gasteiger partial charge is 0.132 e. The molecule has 0 atom stereocenters. The predicted molar refractivity (Wildman–Crippen MR) is 262 cm³/mol. The molecule has 0 saturated carbocycles. The first kappa shape index (κ1) is 41.2. The highest BCUT2D eigenvalue weighted by Gasteiger charge is 2.31. The number of nitrogens with one attached hydrogen (secondary N) is 3. The first-order chi connectivity index (χ1) is 30.7. The molecular weight excluding hydrogens is 990 g/mol. The van der Waals surface area contributed by atoms with Crippen LogP contribution >= 0.6 is 47.8 Å². The van der Waals surface area contributed by atoms with Crippen molar-refractivity contribution in [3.8, 4) is 67.9 Å². The van der Waals surface area contributed by atoms with Crippen LogP contribution in [-0.4, -0.2) is 57.6 Å². The van der Waals surface area contributed by atoms with Gasteiger partial charge in [-0.3, -0.25) is 0 Å². The van der Waals surface area contributed by atoms with E-state index in [1.165, 1.54) is 0 Å². The lowest BCUT2D eigenvalue weighted by Gasteiger charge is -2.17. The molecule has 9 aromatic rings. The number of methoxy groups -OCH3 is 6. The Bertz CT molecular complexity index is 3240. The number of ether oxygens (including phenoxy) is 6. The number of aromatic nitrogens is 3. The topological polar surface area (TPSA) is 103 Å². The minimum Gasteiger partial charge on any atom is -0.496 e. The zero-order valence-electron chi connectivity index (χ0n) is 35.4. The fourth-order valence-electron chi connectivity index (χ4n) is 9.57. The van der Waals surface area contributed by atoms with Crippen LogP contribution in [0.2, 0.25) is 0 Å². The van der Waals surface area contributed by atoms with Gasteiger partial charge in [0.15, 0.2) is 0 Å². The Morgan fingerprint density at radius 3 is 0.905 bits per heavy atom. The van der Waals surface area contributed by atoms with Crippen LogP contribution in [0.4, 0.5) is 0 Å². The molecule has 0 aliphatic carbocycles. The van der Waals surface area contributed by atoms with Crippen LogP contribution in [0, 0.1) is 0 Å². The van der Waals surface area contributed by atoms with Gasteiger partial charge in [0.05, 0.1) is 75.4 Å². The standard InChI is InChI=1S/C51H42Br3N3O6/c1-58-37-22-40(61-4)46-43(25-7-13-28(52)14-8-25)34-20-33-39(60-3)24-42(63-6)48-45(27-11-17-30(54)18-12-27)36(57-51(33)48)21-35-44(26-9-15-29(53)16-10-26)47-41(62-5)23-38(59-2)32(50(47)56-35)19-31(37)49(46)55-34/h7-18,22-24,55-57H,19-21H2,1-6H3. The summed E-state index contributed by atoms with van der Waals surface area (Å²) in [7, 11) is 10.3. The lowest BCUT2D eigenvalue weighted by atomic mass is 9.92. The van der Waals surface area contributed by atoms with Crippen LogP contribution in [0.1, 0.15) is 33.8 Å². The minimum absolute atomic E-state index is 0.444. The van der Waals surface area contributed by atoms with E-state index in [4.69, 9.17) is 28.4 Å². The minimum atomic E-state index is 0.444. The van der Waals surface area contributed by atoms with E-state index < -0.39 is 0 Å². The van der Waals surface area contributed by atoms with Crippen molar-refractivity contribution in [2.75, 3.05) is 42.7 Å². The zero-order chi connectivity index (χ0) is 43.7. The van der Waals surface area contributed by atoms with Crippen LogP contribution in [-0.2, 0) is 19.3 Å². The summed E-state index contributed by atoms with van der Waals surface area (Å²) < 4.78 is 40.5. The summed E-state index contributed by atoms with van der Waals surface area (Å²) in [6.07, 6.45) is 1.42. The molecule has 0 saturated heterocycles. The van der Waals surface area contributed by atoms with Crippen LogP contribution < -0.4 is 28.4 Å². The Morgan fingerprint density at radius 1 is 0.349 bits per heavy atom. The molecule has 6 aromatic carbocycles. The first-order valence-electron chi connectivity index (χ1n) is 20.3. The van der Waals surface area contributed by atoms with E-state index in [1.54, 1.807) is 42.7 Å². The third kappa shape index (κ3) is 6.76. The largest absolute Gasteiger partial charge is 0.496 e. The molecule has 4 heterocycles. The monoisotopic (exact) mass is 1030 g/mol. The number of halogens is 3. The summed E-state index contributed by atoms with van der Waals surface area (Å²) in [6.45, 7) is 0. The van der Waals surface area contributed by atoms with Gasteiger partial charge in [-0.2, -0.15) is 0 Å². The van der Waals surface area contributed by atoms with Crippen LogP contribution in [0.25, 0.3) is 66.1 Å². The Morgan fingerprint density at radius 2 is 0.619 bits per heavy atom. The van der Waals surface area contributed by atoms with Crippen molar-refractivity contribution < 1.29 is 28.4 Å². The molecule has 12 heteroatoms. The van der Waals surface area contributed by atoms with Gasteiger partial charge in [0.25, 0.3) is 0 Å². The van der Waals surface area contributed by atoms with Gasteiger partial charge in [-0.25, -0.2) is 0 Å². The summed E-state index contributed by atoms with van der Waals surface area (Å²) in [4.78, 5) is 11.9. The summed E-state index contributed by atoms with van der Waals surface area (Å²) in [5.41, 5.74) is 14.8. The van der Waals surface area contributed by atoms with Crippen molar-refractivity contribution in [2.24, 2.45) is 0 Å². The number of rotatable bonds is 9. The second-order valence-electron chi connectivity index (χ2n) is 15.5. The summed E-state index contributed by atoms with van der Waals surface area (Å²) in [5.74, 6) is 4.14. The Labute approximate surface area is 389 Å². The Kier molecular flexibility index (Phi) is 10.7. The molecule has 6 bridgehead atoms. The number of H-pyrrole nitrogens is 3. The number of benzene rings is 6. The maximum Gasteiger partial charge on any atom is 0.132 e.